The van der Waals surface area contributed by atoms with Crippen LogP contribution in [0.5, 0.6) is 0 Å². The Kier molecular flexibility index (Phi) is 5.73. The zero-order valence-corrected chi connectivity index (χ0v) is 14.6. The third-order valence-corrected chi connectivity index (χ3v) is 3.97. The molecule has 6 nitrogen and oxygen atoms in total. The Morgan fingerprint density at radius 3 is 2.61 bits per heavy atom. The molecule has 6 heteroatoms. The van der Waals surface area contributed by atoms with Gasteiger partial charge in [-0.25, -0.2) is 4.98 Å². The monoisotopic (exact) mass is 314 g/mol. The number of nitrogens with one attached hydrogen (secondary N) is 1. The predicted octanol–water partition coefficient (Wildman–Crippen LogP) is 1.93. The van der Waals surface area contributed by atoms with E-state index in [1.807, 2.05) is 19.0 Å². The molecule has 0 radical (unpaired) electrons. The average molecular weight is 314 g/mol. The van der Waals surface area contributed by atoms with Crippen LogP contribution in [0.15, 0.2) is 35.6 Å². The molecule has 1 atom stereocenters. The van der Waals surface area contributed by atoms with E-state index in [4.69, 9.17) is 0 Å². The molecule has 1 N–H and O–H groups in total. The lowest BCUT2D eigenvalue weighted by Crippen LogP contribution is -2.40. The largest absolute Gasteiger partial charge is 0.356 e. The van der Waals surface area contributed by atoms with E-state index < -0.39 is 0 Å². The highest BCUT2D eigenvalue weighted by molar-refractivity contribution is 5.79. The maximum atomic E-state index is 4.35. The molecule has 0 saturated heterocycles. The Balaban J connectivity index is 1.91. The number of benzene rings is 1. The average Bonchev–Trinajstić information content (AvgIpc) is 2.93. The van der Waals surface area contributed by atoms with E-state index in [2.05, 4.69) is 58.5 Å². The lowest BCUT2D eigenvalue weighted by atomic mass is 10.0. The number of aryl methyl sites for hydroxylation is 2. The second-order valence-electron chi connectivity index (χ2n) is 5.90. The van der Waals surface area contributed by atoms with Crippen molar-refractivity contribution in [2.75, 3.05) is 20.6 Å². The lowest BCUT2D eigenvalue weighted by molar-refractivity contribution is 0.446. The molecular weight excluding hydrogens is 288 g/mol. The topological polar surface area (TPSA) is 58.3 Å². The maximum absolute atomic E-state index is 4.35. The molecule has 1 aromatic carbocycles. The second-order valence-corrected chi connectivity index (χ2v) is 5.90. The highest BCUT2D eigenvalue weighted by atomic mass is 15.4. The minimum atomic E-state index is 0.413. The number of aromatic nitrogens is 3. The molecule has 124 valence electrons. The van der Waals surface area contributed by atoms with Gasteiger partial charge in [-0.2, -0.15) is 5.10 Å². The Morgan fingerprint density at radius 1 is 1.35 bits per heavy atom. The Hall–Kier alpha value is -2.37. The minimum Gasteiger partial charge on any atom is -0.356 e. The van der Waals surface area contributed by atoms with Crippen LogP contribution in [0.3, 0.4) is 0 Å². The summed E-state index contributed by atoms with van der Waals surface area (Å²) in [6.07, 6.45) is 1.57. The van der Waals surface area contributed by atoms with Gasteiger partial charge >= 0.3 is 0 Å². The number of guanidine groups is 1. The van der Waals surface area contributed by atoms with Crippen molar-refractivity contribution < 1.29 is 0 Å². The van der Waals surface area contributed by atoms with Crippen LogP contribution in [-0.2, 0) is 13.6 Å². The zero-order valence-electron chi connectivity index (χ0n) is 14.6. The van der Waals surface area contributed by atoms with Crippen LogP contribution in [0.25, 0.3) is 0 Å². The molecule has 0 saturated carbocycles. The van der Waals surface area contributed by atoms with E-state index in [9.17, 15) is 0 Å². The Bertz CT molecular complexity index is 643. The quantitative estimate of drug-likeness (QED) is 0.677. The third kappa shape index (κ3) is 4.55. The normalized spacial score (nSPS) is 13.0. The molecule has 2 aromatic rings. The summed E-state index contributed by atoms with van der Waals surface area (Å²) >= 11 is 0. The fourth-order valence-electron chi connectivity index (χ4n) is 2.39. The summed E-state index contributed by atoms with van der Waals surface area (Å²) in [6.45, 7) is 5.82. The molecule has 0 aliphatic rings. The molecule has 0 fully saturated rings. The van der Waals surface area contributed by atoms with Gasteiger partial charge in [0.15, 0.2) is 5.96 Å². The summed E-state index contributed by atoms with van der Waals surface area (Å²) in [5.41, 5.74) is 2.61. The lowest BCUT2D eigenvalue weighted by Gasteiger charge is -2.23. The number of aliphatic imine (C=N–C) groups is 1. The van der Waals surface area contributed by atoms with E-state index in [0.717, 1.165) is 18.3 Å². The summed E-state index contributed by atoms with van der Waals surface area (Å²) < 4.78 is 1.78. The highest BCUT2D eigenvalue weighted by Crippen LogP contribution is 2.14. The van der Waals surface area contributed by atoms with Crippen LogP contribution in [0.4, 0.5) is 0 Å². The summed E-state index contributed by atoms with van der Waals surface area (Å²) in [4.78, 5) is 10.7. The first-order valence-electron chi connectivity index (χ1n) is 7.82. The van der Waals surface area contributed by atoms with Gasteiger partial charge in [-0.05, 0) is 18.4 Å². The van der Waals surface area contributed by atoms with Crippen LogP contribution in [0, 0.1) is 6.92 Å². The van der Waals surface area contributed by atoms with Gasteiger partial charge in [-0.3, -0.25) is 9.67 Å². The number of hydrogen-bond acceptors (Lipinski definition) is 3. The standard InChI is InChI=1S/C17H26N6/c1-13-6-8-15(9-7-13)14(2)10-19-17(18-3)22(4)11-16-20-12-21-23(16)5/h6-9,12,14H,10-11H2,1-5H3,(H,18,19). The fourth-order valence-corrected chi connectivity index (χ4v) is 2.39. The van der Waals surface area contributed by atoms with Crippen LogP contribution in [-0.4, -0.2) is 46.3 Å². The van der Waals surface area contributed by atoms with Gasteiger partial charge < -0.3 is 10.2 Å². The molecule has 0 spiro atoms. The van der Waals surface area contributed by atoms with Crippen LogP contribution < -0.4 is 5.32 Å². The molecule has 0 aliphatic heterocycles. The number of rotatable bonds is 5. The Labute approximate surface area is 138 Å². The molecule has 1 heterocycles. The fraction of sp³-hybridized carbons (Fsp3) is 0.471. The SMILES string of the molecule is CN=C(NCC(C)c1ccc(C)cc1)N(C)Cc1ncnn1C. The zero-order chi connectivity index (χ0) is 16.8. The van der Waals surface area contributed by atoms with Gasteiger partial charge in [-0.15, -0.1) is 0 Å². The van der Waals surface area contributed by atoms with Crippen LogP contribution in [0.1, 0.15) is 29.8 Å². The molecule has 0 amide bonds. The van der Waals surface area contributed by atoms with Gasteiger partial charge in [-0.1, -0.05) is 36.8 Å². The molecule has 1 aromatic heterocycles. The smallest absolute Gasteiger partial charge is 0.193 e. The van der Waals surface area contributed by atoms with Crippen molar-refractivity contribution in [3.8, 4) is 0 Å². The molecule has 1 unspecified atom stereocenters. The maximum Gasteiger partial charge on any atom is 0.193 e. The van der Waals surface area contributed by atoms with Crippen LogP contribution in [0.2, 0.25) is 0 Å². The van der Waals surface area contributed by atoms with Crippen molar-refractivity contribution in [1.29, 1.82) is 0 Å². The summed E-state index contributed by atoms with van der Waals surface area (Å²) in [5.74, 6) is 2.17. The van der Waals surface area contributed by atoms with Gasteiger partial charge in [0.05, 0.1) is 6.54 Å². The van der Waals surface area contributed by atoms with E-state index in [1.54, 1.807) is 18.1 Å². The molecule has 0 aliphatic carbocycles. The van der Waals surface area contributed by atoms with E-state index in [1.165, 1.54) is 11.1 Å². The third-order valence-electron chi connectivity index (χ3n) is 3.97. The van der Waals surface area contributed by atoms with E-state index >= 15 is 0 Å². The molecule has 23 heavy (non-hydrogen) atoms. The van der Waals surface area contributed by atoms with Crippen molar-refractivity contribution in [1.82, 2.24) is 25.0 Å². The van der Waals surface area contributed by atoms with Crippen molar-refractivity contribution in [3.63, 3.8) is 0 Å². The van der Waals surface area contributed by atoms with Crippen molar-refractivity contribution in [2.45, 2.75) is 26.3 Å². The Morgan fingerprint density at radius 2 is 2.04 bits per heavy atom. The summed E-state index contributed by atoms with van der Waals surface area (Å²) in [7, 11) is 5.69. The number of nitrogens with zero attached hydrogens (tertiary/aromatic N) is 5. The van der Waals surface area contributed by atoms with Gasteiger partial charge in [0, 0.05) is 27.7 Å². The van der Waals surface area contributed by atoms with Crippen molar-refractivity contribution in [2.24, 2.45) is 12.0 Å². The predicted molar refractivity (Wildman–Crippen MR) is 93.4 cm³/mol. The molecule has 0 bridgehead atoms. The van der Waals surface area contributed by atoms with E-state index in [0.29, 0.717) is 12.5 Å². The van der Waals surface area contributed by atoms with Gasteiger partial charge in [0.2, 0.25) is 0 Å². The first-order chi connectivity index (χ1) is 11.0. The van der Waals surface area contributed by atoms with E-state index in [-0.39, 0.29) is 0 Å². The number of hydrogen-bond donors (Lipinski definition) is 1. The first kappa shape index (κ1) is 17.0. The summed E-state index contributed by atoms with van der Waals surface area (Å²) in [5, 5.41) is 7.53. The minimum absolute atomic E-state index is 0.413. The van der Waals surface area contributed by atoms with Crippen molar-refractivity contribution >= 4 is 5.96 Å². The van der Waals surface area contributed by atoms with Crippen LogP contribution >= 0.6 is 0 Å². The van der Waals surface area contributed by atoms with Gasteiger partial charge in [0.1, 0.15) is 12.2 Å². The first-order valence-corrected chi connectivity index (χ1v) is 7.82. The van der Waals surface area contributed by atoms with Gasteiger partial charge in [0.25, 0.3) is 0 Å². The summed E-state index contributed by atoms with van der Waals surface area (Å²) in [6, 6.07) is 8.68. The van der Waals surface area contributed by atoms with Crippen molar-refractivity contribution in [3.05, 3.63) is 47.5 Å². The molecule has 2 rings (SSSR count). The highest BCUT2D eigenvalue weighted by Gasteiger charge is 2.12. The second kappa shape index (κ2) is 7.76. The molecular formula is C17H26N6.